The van der Waals surface area contributed by atoms with Crippen LogP contribution in [0.5, 0.6) is 0 Å². The van der Waals surface area contributed by atoms with Gasteiger partial charge in [-0.15, -0.1) is 0 Å². The predicted molar refractivity (Wildman–Crippen MR) is 175 cm³/mol. The van der Waals surface area contributed by atoms with Crippen LogP contribution in [0.25, 0.3) is 0 Å². The number of aliphatic hydroxyl groups excluding tert-OH is 1. The van der Waals surface area contributed by atoms with Crippen LogP contribution in [0.15, 0.2) is 0 Å². The van der Waals surface area contributed by atoms with Crippen molar-refractivity contribution in [2.24, 2.45) is 0 Å². The molecule has 0 aromatic heterocycles. The van der Waals surface area contributed by atoms with Crippen LogP contribution in [-0.4, -0.2) is 99.7 Å². The van der Waals surface area contributed by atoms with Gasteiger partial charge in [-0.2, -0.15) is 0 Å². The quantitative estimate of drug-likeness (QED) is 0.0643. The molecule has 0 aliphatic rings. The van der Waals surface area contributed by atoms with Crippen LogP contribution in [-0.2, 0) is 14.3 Å². The molecule has 41 heavy (non-hydrogen) atoms. The van der Waals surface area contributed by atoms with Gasteiger partial charge in [0.15, 0.2) is 13.1 Å². The second kappa shape index (κ2) is 31.7. The molecule has 0 heterocycles. The molecule has 7 heteroatoms. The normalized spacial score (nSPS) is 11.2. The standard InChI is InChI=1S/C17H36NO2.C12H26O.C5H11NO2/c1-5-6-7-8-9-10-11-12-13-14-15-20-17(19)16-18(2,3)4;1-2-3-4-5-6-7-8-9-10-11-12-13;1-6(2,3)4-5(7)8/h5-16H2,1-4H3;13H,2-12H2,1H3;4H2,1-3H3/q+1;;/p+1. The van der Waals surface area contributed by atoms with Crippen molar-refractivity contribution in [2.75, 3.05) is 68.6 Å². The summed E-state index contributed by atoms with van der Waals surface area (Å²) in [6, 6.07) is 0. The van der Waals surface area contributed by atoms with E-state index in [4.69, 9.17) is 14.9 Å². The van der Waals surface area contributed by atoms with Gasteiger partial charge >= 0.3 is 11.9 Å². The van der Waals surface area contributed by atoms with E-state index in [1.807, 2.05) is 42.3 Å². The summed E-state index contributed by atoms with van der Waals surface area (Å²) < 4.78 is 6.35. The first-order chi connectivity index (χ1) is 19.3. The highest BCUT2D eigenvalue weighted by Crippen LogP contribution is 2.11. The number of carbonyl (C=O) groups excluding carboxylic acids is 1. The Labute approximate surface area is 256 Å². The van der Waals surface area contributed by atoms with Crippen LogP contribution in [0.4, 0.5) is 0 Å². The number of hydrogen-bond acceptors (Lipinski definition) is 4. The number of ether oxygens (including phenoxy) is 1. The average molecular weight is 591 g/mol. The summed E-state index contributed by atoms with van der Waals surface area (Å²) in [5.41, 5.74) is 0. The van der Waals surface area contributed by atoms with E-state index >= 15 is 0 Å². The Balaban J connectivity index is -0.000000587. The molecule has 0 aromatic carbocycles. The smallest absolute Gasteiger partial charge is 0.361 e. The van der Waals surface area contributed by atoms with Gasteiger partial charge in [-0.05, 0) is 12.8 Å². The summed E-state index contributed by atoms with van der Waals surface area (Å²) in [6.07, 6.45) is 26.4. The number of hydrogen-bond donors (Lipinski definition) is 2. The van der Waals surface area contributed by atoms with Crippen molar-refractivity contribution in [1.82, 2.24) is 0 Å². The molecule has 248 valence electrons. The number of unbranched alkanes of at least 4 members (excludes halogenated alkanes) is 18. The van der Waals surface area contributed by atoms with E-state index < -0.39 is 5.97 Å². The number of carbonyl (C=O) groups is 2. The highest BCUT2D eigenvalue weighted by molar-refractivity contribution is 5.70. The van der Waals surface area contributed by atoms with Gasteiger partial charge in [-0.1, -0.05) is 129 Å². The minimum absolute atomic E-state index is 0.0755. The van der Waals surface area contributed by atoms with Gasteiger partial charge in [-0.3, -0.25) is 0 Å². The van der Waals surface area contributed by atoms with Crippen molar-refractivity contribution in [3.63, 3.8) is 0 Å². The molecule has 0 radical (unpaired) electrons. The maximum Gasteiger partial charge on any atom is 0.361 e. The maximum absolute atomic E-state index is 11.5. The number of aliphatic carboxylic acids is 1. The third kappa shape index (κ3) is 52.0. The van der Waals surface area contributed by atoms with Crippen molar-refractivity contribution in [3.05, 3.63) is 0 Å². The molecule has 0 aliphatic carbocycles. The molecule has 0 spiro atoms. The van der Waals surface area contributed by atoms with E-state index in [1.54, 1.807) is 0 Å². The van der Waals surface area contributed by atoms with Gasteiger partial charge in [0.2, 0.25) is 0 Å². The van der Waals surface area contributed by atoms with Gasteiger partial charge in [0.25, 0.3) is 0 Å². The number of aliphatic hydroxyl groups is 1. The first kappa shape index (κ1) is 44.3. The van der Waals surface area contributed by atoms with Crippen LogP contribution in [0.3, 0.4) is 0 Å². The highest BCUT2D eigenvalue weighted by atomic mass is 16.5. The molecular weight excluding hydrogens is 516 g/mol. The number of esters is 1. The number of rotatable bonds is 25. The molecule has 0 unspecified atom stereocenters. The second-order valence-electron chi connectivity index (χ2n) is 13.6. The fraction of sp³-hybridized carbons (Fsp3) is 0.941. The largest absolute Gasteiger partial charge is 0.477 e. The Morgan fingerprint density at radius 1 is 0.512 bits per heavy atom. The van der Waals surface area contributed by atoms with Crippen LogP contribution in [0.2, 0.25) is 0 Å². The number of carboxylic acids is 1. The summed E-state index contributed by atoms with van der Waals surface area (Å²) in [5, 5.41) is 16.8. The van der Waals surface area contributed by atoms with Crippen molar-refractivity contribution in [2.45, 2.75) is 142 Å². The summed E-state index contributed by atoms with van der Waals surface area (Å²) in [5.74, 6) is -0.828. The Morgan fingerprint density at radius 2 is 0.829 bits per heavy atom. The first-order valence-electron chi connectivity index (χ1n) is 16.9. The summed E-state index contributed by atoms with van der Waals surface area (Å²) in [4.78, 5) is 21.5. The predicted octanol–water partition coefficient (Wildman–Crippen LogP) is 7.83. The fourth-order valence-electron chi connectivity index (χ4n) is 4.21. The molecule has 0 bridgehead atoms. The van der Waals surface area contributed by atoms with Crippen LogP contribution < -0.4 is 0 Å². The van der Waals surface area contributed by atoms with E-state index in [0.717, 1.165) is 12.8 Å². The summed E-state index contributed by atoms with van der Waals surface area (Å²) in [6.45, 7) is 6.12. The minimum atomic E-state index is -0.752. The number of nitrogens with zero attached hydrogens (tertiary/aromatic N) is 2. The molecule has 0 atom stereocenters. The average Bonchev–Trinajstić information content (AvgIpc) is 2.84. The monoisotopic (exact) mass is 591 g/mol. The first-order valence-corrected chi connectivity index (χ1v) is 16.9. The van der Waals surface area contributed by atoms with Gasteiger partial charge in [-0.25, -0.2) is 9.59 Å². The topological polar surface area (TPSA) is 83.8 Å². The Hall–Kier alpha value is -1.18. The molecule has 0 aliphatic heterocycles. The van der Waals surface area contributed by atoms with Gasteiger partial charge in [0, 0.05) is 6.61 Å². The molecule has 2 N–H and O–H groups in total. The Morgan fingerprint density at radius 3 is 1.10 bits per heavy atom. The zero-order chi connectivity index (χ0) is 31.8. The SMILES string of the molecule is CCCCCCCCCCCCO.CCCCCCCCCCCCOC(=O)C[N+](C)(C)C.C[N+](C)(C)CC(=O)O. The third-order valence-corrected chi connectivity index (χ3v) is 6.49. The highest BCUT2D eigenvalue weighted by Gasteiger charge is 2.15. The van der Waals surface area contributed by atoms with E-state index in [0.29, 0.717) is 28.7 Å². The molecule has 0 saturated carbocycles. The second-order valence-corrected chi connectivity index (χ2v) is 13.6. The lowest BCUT2D eigenvalue weighted by molar-refractivity contribution is -0.862. The number of likely N-dealkylation sites (N-methyl/N-ethyl adjacent to an activating group) is 2. The molecule has 7 nitrogen and oxygen atoms in total. The summed E-state index contributed by atoms with van der Waals surface area (Å²) >= 11 is 0. The summed E-state index contributed by atoms with van der Waals surface area (Å²) in [7, 11) is 11.5. The van der Waals surface area contributed by atoms with Crippen LogP contribution >= 0.6 is 0 Å². The number of carboxylic acid groups (broad SMARTS) is 1. The Kier molecular flexibility index (Phi) is 34.3. The lowest BCUT2D eigenvalue weighted by atomic mass is 10.1. The minimum Gasteiger partial charge on any atom is -0.477 e. The van der Waals surface area contributed by atoms with E-state index in [2.05, 4.69) is 13.8 Å². The van der Waals surface area contributed by atoms with Crippen LogP contribution in [0.1, 0.15) is 142 Å². The molecule has 0 saturated heterocycles. The fourth-order valence-corrected chi connectivity index (χ4v) is 4.21. The van der Waals surface area contributed by atoms with Gasteiger partial charge in [0.05, 0.1) is 48.9 Å². The number of quaternary nitrogens is 2. The molecule has 0 amide bonds. The molecule has 0 fully saturated rings. The van der Waals surface area contributed by atoms with E-state index in [1.165, 1.54) is 116 Å². The van der Waals surface area contributed by atoms with Crippen LogP contribution in [0, 0.1) is 0 Å². The van der Waals surface area contributed by atoms with Crippen molar-refractivity contribution < 1.29 is 33.5 Å². The van der Waals surface area contributed by atoms with Crippen molar-refractivity contribution in [3.8, 4) is 0 Å². The van der Waals surface area contributed by atoms with E-state index in [-0.39, 0.29) is 12.5 Å². The third-order valence-electron chi connectivity index (χ3n) is 6.49. The Bertz CT molecular complexity index is 546. The lowest BCUT2D eigenvalue weighted by Gasteiger charge is -2.22. The molecule has 0 aromatic rings. The zero-order valence-corrected chi connectivity index (χ0v) is 29.0. The zero-order valence-electron chi connectivity index (χ0n) is 29.0. The lowest BCUT2D eigenvalue weighted by Crippen LogP contribution is -2.40. The molecule has 0 rings (SSSR count). The molecular formula is C34H74N2O5+2. The van der Waals surface area contributed by atoms with Crippen molar-refractivity contribution >= 4 is 11.9 Å². The van der Waals surface area contributed by atoms with E-state index in [9.17, 15) is 9.59 Å². The van der Waals surface area contributed by atoms with Crippen molar-refractivity contribution in [1.29, 1.82) is 0 Å². The maximum atomic E-state index is 11.5. The van der Waals surface area contributed by atoms with Gasteiger partial charge < -0.3 is 23.9 Å². The van der Waals surface area contributed by atoms with Gasteiger partial charge in [0.1, 0.15) is 0 Å².